The maximum atomic E-state index is 9.75. The minimum atomic E-state index is -6.00. The first kappa shape index (κ1) is 16.7. The van der Waals surface area contributed by atoms with Gasteiger partial charge in [-0.2, -0.15) is 0 Å². The summed E-state index contributed by atoms with van der Waals surface area (Å²) in [6, 6.07) is 0. The van der Waals surface area contributed by atoms with E-state index in [-0.39, 0.29) is 0 Å². The second-order valence-corrected chi connectivity index (χ2v) is 3.84. The van der Waals surface area contributed by atoms with E-state index in [2.05, 4.69) is 30.6 Å². The Morgan fingerprint density at radius 2 is 1.83 bits per heavy atom. The van der Waals surface area contributed by atoms with Gasteiger partial charge >= 0.3 is 7.25 Å². The fourth-order valence-electron chi connectivity index (χ4n) is 1.37. The van der Waals surface area contributed by atoms with Crippen molar-refractivity contribution in [1.82, 2.24) is 4.57 Å². The van der Waals surface area contributed by atoms with Crippen LogP contribution in [0.4, 0.5) is 17.3 Å². The Morgan fingerprint density at radius 1 is 1.22 bits per heavy atom. The summed E-state index contributed by atoms with van der Waals surface area (Å²) in [5, 5.41) is 0. The van der Waals surface area contributed by atoms with Crippen molar-refractivity contribution in [2.45, 2.75) is 39.2 Å². The Morgan fingerprint density at radius 3 is 2.28 bits per heavy atom. The van der Waals surface area contributed by atoms with Crippen molar-refractivity contribution in [3.8, 4) is 0 Å². The Balaban J connectivity index is 0.000000494. The lowest BCUT2D eigenvalue weighted by Gasteiger charge is -1.95. The lowest BCUT2D eigenvalue weighted by Crippen LogP contribution is -2.30. The molecule has 1 rings (SSSR count). The third-order valence-corrected chi connectivity index (χ3v) is 2.19. The number of unbranched alkanes of at least 4 members (excludes halogenated alkanes) is 3. The number of aryl methyl sites for hydroxylation is 1. The highest BCUT2D eigenvalue weighted by Gasteiger charge is 2.20. The number of halogens is 4. The van der Waals surface area contributed by atoms with E-state index in [0.29, 0.717) is 0 Å². The van der Waals surface area contributed by atoms with Crippen molar-refractivity contribution in [2.75, 3.05) is 0 Å². The summed E-state index contributed by atoms with van der Waals surface area (Å²) >= 11 is 0. The van der Waals surface area contributed by atoms with Gasteiger partial charge in [0.05, 0.1) is 12.7 Å². The summed E-state index contributed by atoms with van der Waals surface area (Å²) in [5.41, 5.74) is 0. The summed E-state index contributed by atoms with van der Waals surface area (Å²) < 4.78 is 43.2. The molecule has 0 unspecified atom stereocenters. The molecule has 18 heavy (non-hydrogen) atoms. The van der Waals surface area contributed by atoms with E-state index >= 15 is 0 Å². The van der Waals surface area contributed by atoms with E-state index in [1.54, 1.807) is 0 Å². The number of imidazole rings is 1. The van der Waals surface area contributed by atoms with Crippen LogP contribution in [-0.2, 0) is 6.54 Å². The molecule has 104 valence electrons. The first-order valence-corrected chi connectivity index (χ1v) is 5.93. The van der Waals surface area contributed by atoms with Crippen LogP contribution in [0.3, 0.4) is 0 Å². The van der Waals surface area contributed by atoms with E-state index in [1.165, 1.54) is 25.7 Å². The topological polar surface area (TPSA) is 8.81 Å². The highest BCUT2D eigenvalue weighted by atomic mass is 19.5. The van der Waals surface area contributed by atoms with Crippen molar-refractivity contribution in [3.63, 3.8) is 0 Å². The fourth-order valence-corrected chi connectivity index (χ4v) is 1.37. The SMILES string of the molecule is C=Cn1cc[n+](CCCCCC)c1.F[B-](F)(F)F. The average Bonchev–Trinajstić information content (AvgIpc) is 2.70. The number of hydrogen-bond donors (Lipinski definition) is 0. The largest absolute Gasteiger partial charge is 0.673 e. The molecule has 1 aromatic rings. The molecule has 0 radical (unpaired) electrons. The van der Waals surface area contributed by atoms with Crippen LogP contribution >= 0.6 is 0 Å². The molecule has 0 aliphatic carbocycles. The van der Waals surface area contributed by atoms with E-state index in [9.17, 15) is 17.3 Å². The monoisotopic (exact) mass is 266 g/mol. The molecule has 2 nitrogen and oxygen atoms in total. The van der Waals surface area contributed by atoms with Gasteiger partial charge in [-0.25, -0.2) is 9.13 Å². The zero-order valence-electron chi connectivity index (χ0n) is 10.5. The first-order valence-electron chi connectivity index (χ1n) is 5.93. The van der Waals surface area contributed by atoms with Crippen LogP contribution in [0.5, 0.6) is 0 Å². The van der Waals surface area contributed by atoms with Crippen LogP contribution in [0, 0.1) is 0 Å². The summed E-state index contributed by atoms with van der Waals surface area (Å²) in [6.45, 7) is 7.07. The van der Waals surface area contributed by atoms with Crippen molar-refractivity contribution >= 4 is 13.5 Å². The van der Waals surface area contributed by atoms with Gasteiger partial charge in [0.25, 0.3) is 0 Å². The Hall–Kier alpha value is -1.27. The lowest BCUT2D eigenvalue weighted by atomic mass is 10.2. The van der Waals surface area contributed by atoms with Crippen molar-refractivity contribution in [1.29, 1.82) is 0 Å². The minimum absolute atomic E-state index is 1.13. The zero-order valence-corrected chi connectivity index (χ0v) is 10.5. The standard InChI is InChI=1S/C11H19N2.BF4/c1-3-5-6-7-8-13-10-9-12(4-2)11-13;2-1(3,4)5/h4,9-11H,2-3,5-8H2,1H3;/q+1;-1. The predicted octanol–water partition coefficient (Wildman–Crippen LogP) is 3.76. The summed E-state index contributed by atoms with van der Waals surface area (Å²) in [4.78, 5) is 0. The average molecular weight is 266 g/mol. The van der Waals surface area contributed by atoms with Gasteiger partial charge in [0.15, 0.2) is 0 Å². The Bertz CT molecular complexity index is 330. The van der Waals surface area contributed by atoms with Gasteiger partial charge in [-0.15, -0.1) is 0 Å². The van der Waals surface area contributed by atoms with Gasteiger partial charge in [-0.1, -0.05) is 26.3 Å². The van der Waals surface area contributed by atoms with Gasteiger partial charge in [-0.05, 0) is 12.8 Å². The molecule has 7 heteroatoms. The second kappa shape index (κ2) is 8.77. The number of rotatable bonds is 6. The van der Waals surface area contributed by atoms with E-state index in [0.717, 1.165) is 6.54 Å². The molecule has 0 fully saturated rings. The maximum Gasteiger partial charge on any atom is 0.673 e. The third-order valence-electron chi connectivity index (χ3n) is 2.19. The zero-order chi connectivity index (χ0) is 14.0. The maximum absolute atomic E-state index is 9.75. The molecule has 0 saturated carbocycles. The molecule has 0 aromatic carbocycles. The van der Waals surface area contributed by atoms with Crippen molar-refractivity contribution in [3.05, 3.63) is 25.3 Å². The van der Waals surface area contributed by atoms with Crippen LogP contribution in [0.2, 0.25) is 0 Å². The van der Waals surface area contributed by atoms with Gasteiger partial charge < -0.3 is 17.3 Å². The number of aromatic nitrogens is 2. The Kier molecular flexibility index (Phi) is 8.16. The summed E-state index contributed by atoms with van der Waals surface area (Å²) in [6.07, 6.45) is 13.3. The Labute approximate surface area is 105 Å². The fraction of sp³-hybridized carbons (Fsp3) is 0.545. The van der Waals surface area contributed by atoms with Crippen LogP contribution in [0.1, 0.15) is 32.6 Å². The normalized spacial score (nSPS) is 10.7. The summed E-state index contributed by atoms with van der Waals surface area (Å²) in [7, 11) is -6.00. The van der Waals surface area contributed by atoms with Crippen LogP contribution in [0.15, 0.2) is 25.3 Å². The molecule has 0 N–H and O–H groups in total. The quantitative estimate of drug-likeness (QED) is 0.321. The highest BCUT2D eigenvalue weighted by molar-refractivity contribution is 6.50. The molecular weight excluding hydrogens is 247 g/mol. The van der Waals surface area contributed by atoms with Crippen molar-refractivity contribution < 1.29 is 21.8 Å². The van der Waals surface area contributed by atoms with Gasteiger partial charge in [0, 0.05) is 0 Å². The molecule has 0 saturated heterocycles. The number of nitrogens with zero attached hydrogens (tertiary/aromatic N) is 2. The van der Waals surface area contributed by atoms with Crippen molar-refractivity contribution in [2.24, 2.45) is 0 Å². The van der Waals surface area contributed by atoms with Crippen LogP contribution < -0.4 is 4.57 Å². The molecule has 0 amide bonds. The van der Waals surface area contributed by atoms with Gasteiger partial charge in [-0.3, -0.25) is 0 Å². The molecule has 0 bridgehead atoms. The second-order valence-electron chi connectivity index (χ2n) is 3.84. The molecule has 0 aliphatic heterocycles. The predicted molar refractivity (Wildman–Crippen MR) is 65.3 cm³/mol. The van der Waals surface area contributed by atoms with E-state index < -0.39 is 7.25 Å². The highest BCUT2D eigenvalue weighted by Crippen LogP contribution is 2.06. The molecule has 0 spiro atoms. The first-order chi connectivity index (χ1) is 8.36. The number of hydrogen-bond acceptors (Lipinski definition) is 0. The van der Waals surface area contributed by atoms with E-state index in [1.807, 2.05) is 17.0 Å². The smallest absolute Gasteiger partial charge is 0.418 e. The molecule has 1 aromatic heterocycles. The van der Waals surface area contributed by atoms with Gasteiger partial charge in [0.2, 0.25) is 6.33 Å². The molecule has 1 heterocycles. The third kappa shape index (κ3) is 11.2. The van der Waals surface area contributed by atoms with Gasteiger partial charge in [0.1, 0.15) is 12.4 Å². The minimum Gasteiger partial charge on any atom is -0.418 e. The molecular formula is C11H19BF4N2. The van der Waals surface area contributed by atoms with Crippen LogP contribution in [-0.4, -0.2) is 11.8 Å². The van der Waals surface area contributed by atoms with E-state index in [4.69, 9.17) is 0 Å². The van der Waals surface area contributed by atoms with Crippen LogP contribution in [0.25, 0.3) is 6.20 Å². The summed E-state index contributed by atoms with van der Waals surface area (Å²) in [5.74, 6) is 0. The molecule has 0 aliphatic rings. The lowest BCUT2D eigenvalue weighted by molar-refractivity contribution is -0.696. The molecule has 0 atom stereocenters.